The average Bonchev–Trinajstić information content (AvgIpc) is 2.69. The minimum atomic E-state index is -0.140. The van der Waals surface area contributed by atoms with Gasteiger partial charge in [0, 0.05) is 17.3 Å². The average molecular weight is 362 g/mol. The van der Waals surface area contributed by atoms with Gasteiger partial charge in [-0.1, -0.05) is 75.6 Å². The maximum atomic E-state index is 14.6. The number of pyridine rings is 1. The molecule has 0 radical (unpaired) electrons. The van der Waals surface area contributed by atoms with E-state index in [2.05, 4.69) is 37.0 Å². The van der Waals surface area contributed by atoms with Crippen LogP contribution < -0.4 is 0 Å². The fraction of sp³-hybridized carbons (Fsp3) is 0.320. The summed E-state index contributed by atoms with van der Waals surface area (Å²) >= 11 is 0. The van der Waals surface area contributed by atoms with E-state index in [1.165, 1.54) is 18.4 Å². The van der Waals surface area contributed by atoms with Gasteiger partial charge >= 0.3 is 0 Å². The van der Waals surface area contributed by atoms with Gasteiger partial charge in [-0.25, -0.2) is 4.39 Å². The first-order valence-electron chi connectivity index (χ1n) is 10.1. The van der Waals surface area contributed by atoms with Crippen LogP contribution in [0.1, 0.15) is 50.7 Å². The summed E-state index contributed by atoms with van der Waals surface area (Å²) in [5.74, 6) is -0.140. The van der Waals surface area contributed by atoms with Crippen LogP contribution in [0.25, 0.3) is 22.4 Å². The van der Waals surface area contributed by atoms with E-state index in [0.29, 0.717) is 5.56 Å². The molecular formula is C25H28FN. The number of rotatable bonds is 8. The number of halogens is 1. The molecule has 0 fully saturated rings. The highest BCUT2D eigenvalue weighted by molar-refractivity contribution is 5.69. The van der Waals surface area contributed by atoms with Crippen LogP contribution in [0.15, 0.2) is 60.8 Å². The lowest BCUT2D eigenvalue weighted by Crippen LogP contribution is -1.91. The van der Waals surface area contributed by atoms with Crippen molar-refractivity contribution in [1.29, 1.82) is 0 Å². The Kier molecular flexibility index (Phi) is 6.75. The van der Waals surface area contributed by atoms with Gasteiger partial charge in [0.25, 0.3) is 0 Å². The van der Waals surface area contributed by atoms with Crippen molar-refractivity contribution in [2.45, 2.75) is 52.4 Å². The first-order chi connectivity index (χ1) is 13.2. The molecule has 0 atom stereocenters. The van der Waals surface area contributed by atoms with Crippen LogP contribution in [0, 0.1) is 5.82 Å². The van der Waals surface area contributed by atoms with Gasteiger partial charge in [-0.2, -0.15) is 0 Å². The Bertz CT molecular complexity index is 850. The highest BCUT2D eigenvalue weighted by Crippen LogP contribution is 2.27. The van der Waals surface area contributed by atoms with Crippen LogP contribution in [0.2, 0.25) is 0 Å². The summed E-state index contributed by atoms with van der Waals surface area (Å²) in [5.41, 5.74) is 5.91. The number of benzene rings is 2. The van der Waals surface area contributed by atoms with E-state index < -0.39 is 0 Å². The van der Waals surface area contributed by atoms with Gasteiger partial charge in [0.15, 0.2) is 0 Å². The first kappa shape index (κ1) is 19.3. The van der Waals surface area contributed by atoms with Crippen molar-refractivity contribution >= 4 is 0 Å². The van der Waals surface area contributed by atoms with Gasteiger partial charge in [0.05, 0.1) is 5.69 Å². The second kappa shape index (κ2) is 9.45. The maximum Gasteiger partial charge on any atom is 0.131 e. The second-order valence-electron chi connectivity index (χ2n) is 7.15. The zero-order chi connectivity index (χ0) is 19.1. The highest BCUT2D eigenvalue weighted by Gasteiger charge is 2.07. The molecule has 0 saturated heterocycles. The van der Waals surface area contributed by atoms with Gasteiger partial charge in [0.1, 0.15) is 5.82 Å². The number of aromatic nitrogens is 1. The first-order valence-corrected chi connectivity index (χ1v) is 10.1. The molecule has 0 amide bonds. The van der Waals surface area contributed by atoms with Gasteiger partial charge in [-0.15, -0.1) is 0 Å². The summed E-state index contributed by atoms with van der Waals surface area (Å²) in [4.78, 5) is 4.56. The van der Waals surface area contributed by atoms with Crippen molar-refractivity contribution in [2.75, 3.05) is 0 Å². The Morgan fingerprint density at radius 1 is 0.741 bits per heavy atom. The largest absolute Gasteiger partial charge is 0.256 e. The van der Waals surface area contributed by atoms with E-state index in [-0.39, 0.29) is 5.82 Å². The van der Waals surface area contributed by atoms with Crippen LogP contribution in [-0.4, -0.2) is 4.98 Å². The van der Waals surface area contributed by atoms with Gasteiger partial charge in [-0.05, 0) is 48.1 Å². The lowest BCUT2D eigenvalue weighted by Gasteiger charge is -2.08. The molecular weight excluding hydrogens is 333 g/mol. The Morgan fingerprint density at radius 3 is 2.11 bits per heavy atom. The Balaban J connectivity index is 1.74. The van der Waals surface area contributed by atoms with Crippen LogP contribution in [-0.2, 0) is 12.8 Å². The summed E-state index contributed by atoms with van der Waals surface area (Å²) in [5, 5.41) is 0. The SMILES string of the molecule is CCCCCc1ccc(-c2ccc(-c3ccc(CCC)cn3)cc2)c(F)c1. The fourth-order valence-corrected chi connectivity index (χ4v) is 3.38. The van der Waals surface area contributed by atoms with E-state index in [1.807, 2.05) is 36.5 Å². The molecule has 0 aliphatic carbocycles. The third-order valence-electron chi connectivity index (χ3n) is 4.96. The summed E-state index contributed by atoms with van der Waals surface area (Å²) in [7, 11) is 0. The third kappa shape index (κ3) is 5.03. The lowest BCUT2D eigenvalue weighted by molar-refractivity contribution is 0.626. The number of hydrogen-bond acceptors (Lipinski definition) is 1. The van der Waals surface area contributed by atoms with Crippen LogP contribution in [0.3, 0.4) is 0 Å². The van der Waals surface area contributed by atoms with E-state index >= 15 is 0 Å². The summed E-state index contributed by atoms with van der Waals surface area (Å²) in [6.07, 6.45) is 8.57. The second-order valence-corrected chi connectivity index (χ2v) is 7.15. The Hall–Kier alpha value is -2.48. The zero-order valence-corrected chi connectivity index (χ0v) is 16.3. The highest BCUT2D eigenvalue weighted by atomic mass is 19.1. The van der Waals surface area contributed by atoms with Crippen molar-refractivity contribution in [1.82, 2.24) is 4.98 Å². The quantitative estimate of drug-likeness (QED) is 0.385. The molecule has 0 aliphatic rings. The Labute approximate surface area is 162 Å². The number of unbranched alkanes of at least 4 members (excludes halogenated alkanes) is 2. The van der Waals surface area contributed by atoms with Crippen molar-refractivity contribution in [3.63, 3.8) is 0 Å². The minimum absolute atomic E-state index is 0.140. The molecule has 0 bridgehead atoms. The van der Waals surface area contributed by atoms with E-state index in [9.17, 15) is 4.39 Å². The zero-order valence-electron chi connectivity index (χ0n) is 16.3. The fourth-order valence-electron chi connectivity index (χ4n) is 3.38. The monoisotopic (exact) mass is 361 g/mol. The van der Waals surface area contributed by atoms with Crippen LogP contribution in [0.5, 0.6) is 0 Å². The van der Waals surface area contributed by atoms with Gasteiger partial charge < -0.3 is 0 Å². The molecule has 0 aliphatic heterocycles. The van der Waals surface area contributed by atoms with Gasteiger partial charge in [-0.3, -0.25) is 4.98 Å². The molecule has 0 saturated carbocycles. The predicted octanol–water partition coefficient (Wildman–Crippen LogP) is 7.24. The van der Waals surface area contributed by atoms with Crippen molar-refractivity contribution in [2.24, 2.45) is 0 Å². The predicted molar refractivity (Wildman–Crippen MR) is 112 cm³/mol. The molecule has 1 aromatic heterocycles. The Morgan fingerprint density at radius 2 is 1.48 bits per heavy atom. The van der Waals surface area contributed by atoms with Crippen molar-refractivity contribution in [3.05, 3.63) is 77.7 Å². The summed E-state index contributed by atoms with van der Waals surface area (Å²) in [6.45, 7) is 4.35. The molecule has 3 rings (SSSR count). The van der Waals surface area contributed by atoms with Crippen molar-refractivity contribution < 1.29 is 4.39 Å². The summed E-state index contributed by atoms with van der Waals surface area (Å²) in [6, 6.07) is 17.8. The molecule has 1 heterocycles. The molecule has 3 aromatic rings. The van der Waals surface area contributed by atoms with Crippen LogP contribution in [0.4, 0.5) is 4.39 Å². The summed E-state index contributed by atoms with van der Waals surface area (Å²) < 4.78 is 14.6. The standard InChI is InChI=1S/C25H28FN/c1-3-5-6-8-19-9-15-23(24(26)17-19)21-11-13-22(14-12-21)25-16-10-20(7-4-2)18-27-25/h9-18H,3-8H2,1-2H3. The normalized spacial score (nSPS) is 10.9. The minimum Gasteiger partial charge on any atom is -0.256 e. The lowest BCUT2D eigenvalue weighted by atomic mass is 9.99. The molecule has 1 nitrogen and oxygen atoms in total. The van der Waals surface area contributed by atoms with E-state index in [4.69, 9.17) is 0 Å². The molecule has 0 unspecified atom stereocenters. The maximum absolute atomic E-state index is 14.6. The molecule has 2 aromatic carbocycles. The van der Waals surface area contributed by atoms with Crippen LogP contribution >= 0.6 is 0 Å². The number of hydrogen-bond donors (Lipinski definition) is 0. The number of aryl methyl sites for hydroxylation is 2. The molecule has 0 N–H and O–H groups in total. The topological polar surface area (TPSA) is 12.9 Å². The van der Waals surface area contributed by atoms with E-state index in [0.717, 1.165) is 48.1 Å². The number of nitrogens with zero attached hydrogens (tertiary/aromatic N) is 1. The molecule has 2 heteroatoms. The molecule has 0 spiro atoms. The third-order valence-corrected chi connectivity index (χ3v) is 4.96. The molecule has 27 heavy (non-hydrogen) atoms. The molecule has 140 valence electrons. The van der Waals surface area contributed by atoms with Crippen molar-refractivity contribution in [3.8, 4) is 22.4 Å². The smallest absolute Gasteiger partial charge is 0.131 e. The van der Waals surface area contributed by atoms with Gasteiger partial charge in [0.2, 0.25) is 0 Å². The van der Waals surface area contributed by atoms with E-state index in [1.54, 1.807) is 6.07 Å².